The third-order valence-corrected chi connectivity index (χ3v) is 12.6. The molecular formula is C38H46N8O6S2. The van der Waals surface area contributed by atoms with Gasteiger partial charge in [-0.05, 0) is 43.6 Å². The number of carbonyl (C=O) groups is 4. The van der Waals surface area contributed by atoms with Crippen LogP contribution in [0, 0.1) is 11.8 Å². The van der Waals surface area contributed by atoms with Crippen LogP contribution in [0.25, 0.3) is 42.8 Å². The third kappa shape index (κ3) is 6.97. The van der Waals surface area contributed by atoms with Gasteiger partial charge in [0.1, 0.15) is 30.3 Å². The summed E-state index contributed by atoms with van der Waals surface area (Å²) in [6.07, 6.45) is 4.36. The predicted octanol–water partition coefficient (Wildman–Crippen LogP) is 5.74. The summed E-state index contributed by atoms with van der Waals surface area (Å²) < 4.78 is 7.04. The summed E-state index contributed by atoms with van der Waals surface area (Å²) >= 11 is 3.32. The minimum atomic E-state index is -0.733. The molecule has 5 aromatic rings. The molecule has 4 atom stereocenters. The number of likely N-dealkylation sites (tertiary alicyclic amines) is 2. The molecule has 2 fully saturated rings. The minimum Gasteiger partial charge on any atom is -0.453 e. The van der Waals surface area contributed by atoms with Gasteiger partial charge in [0, 0.05) is 40.5 Å². The summed E-state index contributed by atoms with van der Waals surface area (Å²) in [5.41, 5.74) is 5.69. The molecule has 286 valence electrons. The number of para-hydroxylation sites is 1. The average molecular weight is 775 g/mol. The first-order valence-electron chi connectivity index (χ1n) is 18.4. The van der Waals surface area contributed by atoms with E-state index in [1.165, 1.54) is 7.11 Å². The van der Waals surface area contributed by atoms with Crippen molar-refractivity contribution in [2.45, 2.75) is 77.5 Å². The summed E-state index contributed by atoms with van der Waals surface area (Å²) in [6.45, 7) is 8.03. The molecule has 1 aromatic carbocycles. The van der Waals surface area contributed by atoms with Gasteiger partial charge in [0.25, 0.3) is 0 Å². The molecule has 0 radical (unpaired) electrons. The second kappa shape index (κ2) is 15.5. The van der Waals surface area contributed by atoms with Crippen LogP contribution in [0.3, 0.4) is 0 Å². The van der Waals surface area contributed by atoms with Gasteiger partial charge < -0.3 is 40.2 Å². The number of methoxy groups -OCH3 is 1. The fourth-order valence-corrected chi connectivity index (χ4v) is 10.1. The predicted molar refractivity (Wildman–Crippen MR) is 208 cm³/mol. The van der Waals surface area contributed by atoms with Crippen molar-refractivity contribution in [2.75, 3.05) is 26.8 Å². The zero-order valence-electron chi connectivity index (χ0n) is 31.0. The monoisotopic (exact) mass is 774 g/mol. The number of ether oxygens (including phenoxy) is 1. The van der Waals surface area contributed by atoms with E-state index in [9.17, 15) is 24.3 Å². The third-order valence-electron chi connectivity index (χ3n) is 10.5. The Morgan fingerprint density at radius 1 is 0.870 bits per heavy atom. The normalized spacial score (nSPS) is 18.6. The lowest BCUT2D eigenvalue weighted by atomic mass is 10.0. The van der Waals surface area contributed by atoms with Crippen molar-refractivity contribution in [2.24, 2.45) is 11.8 Å². The highest BCUT2D eigenvalue weighted by atomic mass is 32.1. The van der Waals surface area contributed by atoms with Crippen molar-refractivity contribution < 1.29 is 29.0 Å². The number of thiophene rings is 2. The number of H-pyrrole nitrogens is 2. The van der Waals surface area contributed by atoms with Crippen LogP contribution in [0.5, 0.6) is 0 Å². The second-order valence-corrected chi connectivity index (χ2v) is 16.4. The van der Waals surface area contributed by atoms with E-state index in [0.29, 0.717) is 18.9 Å². The van der Waals surface area contributed by atoms with Crippen LogP contribution < -0.4 is 10.6 Å². The van der Waals surface area contributed by atoms with E-state index in [2.05, 4.69) is 37.4 Å². The molecule has 5 N–H and O–H groups in total. The summed E-state index contributed by atoms with van der Waals surface area (Å²) in [4.78, 5) is 71.9. The molecule has 2 aliphatic heterocycles. The number of nitrogens with one attached hydrogen (secondary N) is 4. The van der Waals surface area contributed by atoms with Gasteiger partial charge in [-0.25, -0.2) is 14.8 Å². The van der Waals surface area contributed by atoms with E-state index in [1.54, 1.807) is 27.6 Å². The van der Waals surface area contributed by atoms with Crippen molar-refractivity contribution in [3.63, 3.8) is 0 Å². The van der Waals surface area contributed by atoms with Gasteiger partial charge in [0.15, 0.2) is 0 Å². The number of amides is 4. The lowest BCUT2D eigenvalue weighted by Crippen LogP contribution is -2.51. The number of rotatable bonds is 11. The van der Waals surface area contributed by atoms with E-state index >= 15 is 0 Å². The van der Waals surface area contributed by atoms with Crippen molar-refractivity contribution in [1.29, 1.82) is 0 Å². The standard InChI is InChI=1S/C38H46N8O6S2/c1-19(2)29(42-28(48)16-47)36(49)45-13-7-11-26(45)34-39-15-25(41-34)23-18-54-32-22(17-53-33(23)32)21-9-6-10-24-31(21)43-35(40-24)27-12-8-14-46(27)37(50)30(20(3)4)44-38(51)52-5/h6,9-10,15,17-20,26-27,29-30,47H,7-8,11-14,16H2,1-5H3,(H,39,41)(H,40,43)(H,42,48)(H,44,51)/t26?,27?,29-,30-/m0/s1. The first kappa shape index (κ1) is 37.5. The van der Waals surface area contributed by atoms with Crippen molar-refractivity contribution >= 4 is 66.9 Å². The highest BCUT2D eigenvalue weighted by Crippen LogP contribution is 2.46. The Morgan fingerprint density at radius 2 is 1.48 bits per heavy atom. The maximum Gasteiger partial charge on any atom is 0.407 e. The Morgan fingerprint density at radius 3 is 2.11 bits per heavy atom. The molecule has 0 aliphatic carbocycles. The number of carbonyl (C=O) groups excluding carboxylic acids is 4. The molecule has 2 saturated heterocycles. The Balaban J connectivity index is 1.14. The molecule has 0 saturated carbocycles. The quantitative estimate of drug-likeness (QED) is 0.113. The van der Waals surface area contributed by atoms with E-state index in [-0.39, 0.29) is 35.7 Å². The van der Waals surface area contributed by atoms with Gasteiger partial charge in [-0.2, -0.15) is 0 Å². The maximum absolute atomic E-state index is 13.7. The Labute approximate surface area is 320 Å². The molecule has 54 heavy (non-hydrogen) atoms. The number of nitrogens with zero attached hydrogens (tertiary/aromatic N) is 4. The first-order valence-corrected chi connectivity index (χ1v) is 20.1. The molecule has 0 bridgehead atoms. The largest absolute Gasteiger partial charge is 0.453 e. The number of alkyl carbamates (subject to hydrolysis) is 1. The Bertz CT molecular complexity index is 2190. The van der Waals surface area contributed by atoms with Gasteiger partial charge in [0.05, 0.1) is 51.5 Å². The van der Waals surface area contributed by atoms with Gasteiger partial charge in [-0.3, -0.25) is 14.4 Å². The minimum absolute atomic E-state index is 0.123. The van der Waals surface area contributed by atoms with Crippen LogP contribution in [0.2, 0.25) is 0 Å². The number of hydrogen-bond acceptors (Lipinski definition) is 10. The lowest BCUT2D eigenvalue weighted by molar-refractivity contribution is -0.139. The van der Waals surface area contributed by atoms with Crippen molar-refractivity contribution in [3.8, 4) is 22.4 Å². The maximum atomic E-state index is 13.7. The Hall–Kier alpha value is -4.80. The number of fused-ring (bicyclic) bond motifs is 2. The van der Waals surface area contributed by atoms with Gasteiger partial charge in [0.2, 0.25) is 17.7 Å². The summed E-state index contributed by atoms with van der Waals surface area (Å²) in [6, 6.07) is 4.16. The summed E-state index contributed by atoms with van der Waals surface area (Å²) in [5, 5.41) is 18.9. The number of aromatic nitrogens is 4. The van der Waals surface area contributed by atoms with Gasteiger partial charge >= 0.3 is 6.09 Å². The Kier molecular flexibility index (Phi) is 10.8. The molecule has 0 spiro atoms. The van der Waals surface area contributed by atoms with Crippen molar-refractivity contribution in [3.05, 3.63) is 46.8 Å². The molecule has 2 unspecified atom stereocenters. The first-order chi connectivity index (χ1) is 26.0. The zero-order valence-corrected chi connectivity index (χ0v) is 32.6. The SMILES string of the molecule is COC(=O)N[C@H](C(=O)N1CCCC1c1nc2c(-c3csc4c(-c5cnc(C6CCCN6C(=O)[C@@H](NC(=O)CO)C(C)C)[nH]5)csc34)cccc2[nH]1)C(C)C. The second-order valence-electron chi connectivity index (χ2n) is 14.6. The highest BCUT2D eigenvalue weighted by molar-refractivity contribution is 7.27. The van der Waals surface area contributed by atoms with Crippen LogP contribution in [0.4, 0.5) is 4.79 Å². The molecule has 14 nitrogen and oxygen atoms in total. The van der Waals surface area contributed by atoms with Gasteiger partial charge in [-0.1, -0.05) is 39.8 Å². The number of benzene rings is 1. The van der Waals surface area contributed by atoms with Crippen molar-refractivity contribution in [1.82, 2.24) is 40.4 Å². The summed E-state index contributed by atoms with van der Waals surface area (Å²) in [7, 11) is 1.29. The molecule has 6 heterocycles. The molecule has 7 rings (SSSR count). The molecule has 2 aliphatic rings. The molecule has 16 heteroatoms. The average Bonchev–Trinajstić information content (AvgIpc) is 4.00. The van der Waals surface area contributed by atoms with Crippen LogP contribution >= 0.6 is 22.7 Å². The van der Waals surface area contributed by atoms with E-state index in [1.807, 2.05) is 50.9 Å². The fourth-order valence-electron chi connectivity index (χ4n) is 7.68. The van der Waals surface area contributed by atoms with Gasteiger partial charge in [-0.15, -0.1) is 22.7 Å². The molecule has 4 aromatic heterocycles. The highest BCUT2D eigenvalue weighted by Gasteiger charge is 2.39. The number of hydrogen-bond donors (Lipinski definition) is 5. The molecule has 4 amide bonds. The number of aliphatic hydroxyl groups is 1. The van der Waals surface area contributed by atoms with E-state index in [4.69, 9.17) is 14.7 Å². The van der Waals surface area contributed by atoms with Crippen LogP contribution in [0.1, 0.15) is 77.1 Å². The van der Waals surface area contributed by atoms with E-state index in [0.717, 1.165) is 74.3 Å². The number of aromatic amines is 2. The lowest BCUT2D eigenvalue weighted by Gasteiger charge is -2.30. The van der Waals surface area contributed by atoms with Crippen LogP contribution in [-0.4, -0.2) is 97.5 Å². The topological polar surface area (TPSA) is 186 Å². The number of aliphatic hydroxyl groups excluding tert-OH is 1. The number of imidazole rings is 2. The fraction of sp³-hybridized carbons (Fsp3) is 0.474. The van der Waals surface area contributed by atoms with Crippen LogP contribution in [0.15, 0.2) is 35.2 Å². The smallest absolute Gasteiger partial charge is 0.407 e. The zero-order chi connectivity index (χ0) is 38.3. The summed E-state index contributed by atoms with van der Waals surface area (Å²) in [5.74, 6) is 0.267. The van der Waals surface area contributed by atoms with E-state index < -0.39 is 30.7 Å². The van der Waals surface area contributed by atoms with Crippen LogP contribution in [-0.2, 0) is 19.1 Å². The molecular weight excluding hydrogens is 729 g/mol.